The molecule has 3 rings (SSSR count). The Morgan fingerprint density at radius 1 is 1.20 bits per heavy atom. The molecule has 1 N–H and O–H groups in total. The first-order chi connectivity index (χ1) is 12.1. The maximum atomic E-state index is 11.3. The van der Waals surface area contributed by atoms with Gasteiger partial charge in [0.2, 0.25) is 0 Å². The van der Waals surface area contributed by atoms with E-state index in [1.54, 1.807) is 6.07 Å². The van der Waals surface area contributed by atoms with Crippen molar-refractivity contribution in [1.82, 2.24) is 0 Å². The highest BCUT2D eigenvalue weighted by molar-refractivity contribution is 5.69. The van der Waals surface area contributed by atoms with Crippen LogP contribution in [0.5, 0.6) is 5.75 Å². The van der Waals surface area contributed by atoms with E-state index in [1.165, 1.54) is 12.8 Å². The van der Waals surface area contributed by atoms with Crippen LogP contribution in [0.2, 0.25) is 0 Å². The first kappa shape index (κ1) is 17.1. The fourth-order valence-corrected chi connectivity index (χ4v) is 3.06. The monoisotopic (exact) mass is 341 g/mol. The molecular formula is C19H23N3O3. The van der Waals surface area contributed by atoms with Crippen LogP contribution in [-0.2, 0) is 0 Å². The summed E-state index contributed by atoms with van der Waals surface area (Å²) in [5.41, 5.74) is 2.75. The van der Waals surface area contributed by atoms with Crippen LogP contribution in [-0.4, -0.2) is 31.2 Å². The number of nitrogens with zero attached hydrogens (tertiary/aromatic N) is 2. The van der Waals surface area contributed by atoms with Gasteiger partial charge in [-0.2, -0.15) is 0 Å². The average molecular weight is 341 g/mol. The van der Waals surface area contributed by atoms with Crippen LogP contribution >= 0.6 is 0 Å². The van der Waals surface area contributed by atoms with E-state index < -0.39 is 0 Å². The molecule has 132 valence electrons. The van der Waals surface area contributed by atoms with E-state index in [0.29, 0.717) is 18.8 Å². The second kappa shape index (κ2) is 7.88. The molecule has 2 aromatic carbocycles. The van der Waals surface area contributed by atoms with Crippen LogP contribution in [0.15, 0.2) is 42.5 Å². The number of rotatable bonds is 7. The second-order valence-corrected chi connectivity index (χ2v) is 6.19. The third kappa shape index (κ3) is 4.21. The van der Waals surface area contributed by atoms with Crippen LogP contribution in [0.1, 0.15) is 18.4 Å². The number of nitrogens with one attached hydrogen (secondary N) is 1. The van der Waals surface area contributed by atoms with Crippen LogP contribution in [0.3, 0.4) is 0 Å². The standard InChI is InChI=1S/C19H23N3O3/c1-15-6-2-3-7-19(15)25-13-10-20-17-14-16(21-11-4-5-12-21)8-9-18(17)22(23)24/h2-3,6-9,14,20H,4-5,10-13H2,1H3. The lowest BCUT2D eigenvalue weighted by atomic mass is 10.2. The van der Waals surface area contributed by atoms with E-state index in [4.69, 9.17) is 4.74 Å². The number of aryl methyl sites for hydroxylation is 1. The largest absolute Gasteiger partial charge is 0.491 e. The Hall–Kier alpha value is -2.76. The summed E-state index contributed by atoms with van der Waals surface area (Å²) < 4.78 is 5.75. The molecule has 6 heteroatoms. The summed E-state index contributed by atoms with van der Waals surface area (Å²) >= 11 is 0. The summed E-state index contributed by atoms with van der Waals surface area (Å²) in [6, 6.07) is 13.1. The first-order valence-corrected chi connectivity index (χ1v) is 8.61. The normalized spacial score (nSPS) is 13.7. The predicted octanol–water partition coefficient (Wildman–Crippen LogP) is 3.99. The molecule has 1 heterocycles. The minimum atomic E-state index is -0.349. The summed E-state index contributed by atoms with van der Waals surface area (Å²) in [5.74, 6) is 0.838. The third-order valence-electron chi connectivity index (χ3n) is 4.42. The van der Waals surface area contributed by atoms with Crippen LogP contribution < -0.4 is 15.0 Å². The van der Waals surface area contributed by atoms with E-state index in [2.05, 4.69) is 10.2 Å². The van der Waals surface area contributed by atoms with Crippen molar-refractivity contribution in [1.29, 1.82) is 0 Å². The molecule has 0 aliphatic carbocycles. The van der Waals surface area contributed by atoms with Gasteiger partial charge in [-0.15, -0.1) is 0 Å². The first-order valence-electron chi connectivity index (χ1n) is 8.61. The molecule has 1 aliphatic rings. The van der Waals surface area contributed by atoms with Crippen LogP contribution in [0.25, 0.3) is 0 Å². The van der Waals surface area contributed by atoms with Gasteiger partial charge in [-0.1, -0.05) is 18.2 Å². The third-order valence-corrected chi connectivity index (χ3v) is 4.42. The molecule has 0 unspecified atom stereocenters. The molecule has 0 atom stereocenters. The van der Waals surface area contributed by atoms with Crippen LogP contribution in [0.4, 0.5) is 17.1 Å². The average Bonchev–Trinajstić information content (AvgIpc) is 3.14. The number of hydrogen-bond donors (Lipinski definition) is 1. The van der Waals surface area contributed by atoms with E-state index >= 15 is 0 Å². The maximum absolute atomic E-state index is 11.3. The topological polar surface area (TPSA) is 67.6 Å². The van der Waals surface area contributed by atoms with Gasteiger partial charge in [-0.3, -0.25) is 10.1 Å². The highest BCUT2D eigenvalue weighted by Gasteiger charge is 2.18. The van der Waals surface area contributed by atoms with E-state index in [0.717, 1.165) is 30.1 Å². The zero-order valence-corrected chi connectivity index (χ0v) is 14.4. The zero-order valence-electron chi connectivity index (χ0n) is 14.4. The highest BCUT2D eigenvalue weighted by Crippen LogP contribution is 2.31. The fraction of sp³-hybridized carbons (Fsp3) is 0.368. The molecule has 1 aliphatic heterocycles. The Bertz CT molecular complexity index is 742. The van der Waals surface area contributed by atoms with Gasteiger partial charge in [-0.25, -0.2) is 0 Å². The van der Waals surface area contributed by atoms with Gasteiger partial charge in [0.05, 0.1) is 4.92 Å². The van der Waals surface area contributed by atoms with Gasteiger partial charge in [0.1, 0.15) is 18.0 Å². The lowest BCUT2D eigenvalue weighted by Gasteiger charge is -2.19. The van der Waals surface area contributed by atoms with Gasteiger partial charge < -0.3 is 15.0 Å². The Morgan fingerprint density at radius 3 is 2.68 bits per heavy atom. The second-order valence-electron chi connectivity index (χ2n) is 6.19. The molecule has 25 heavy (non-hydrogen) atoms. The summed E-state index contributed by atoms with van der Waals surface area (Å²) in [6.07, 6.45) is 2.34. The number of nitro groups is 1. The molecule has 0 bridgehead atoms. The van der Waals surface area contributed by atoms with Crippen molar-refractivity contribution >= 4 is 17.1 Å². The summed E-state index contributed by atoms with van der Waals surface area (Å²) in [5, 5.41) is 14.4. The lowest BCUT2D eigenvalue weighted by molar-refractivity contribution is -0.383. The SMILES string of the molecule is Cc1ccccc1OCCNc1cc(N2CCCC2)ccc1[N+](=O)[O-]. The van der Waals surface area contributed by atoms with E-state index in [1.807, 2.05) is 43.3 Å². The molecule has 2 aromatic rings. The number of ether oxygens (including phenoxy) is 1. The molecule has 0 aromatic heterocycles. The Balaban J connectivity index is 1.64. The Kier molecular flexibility index (Phi) is 5.38. The minimum Gasteiger partial charge on any atom is -0.491 e. The molecule has 1 saturated heterocycles. The lowest BCUT2D eigenvalue weighted by Crippen LogP contribution is -2.18. The fourth-order valence-electron chi connectivity index (χ4n) is 3.06. The molecule has 0 spiro atoms. The molecular weight excluding hydrogens is 318 g/mol. The molecule has 0 saturated carbocycles. The van der Waals surface area contributed by atoms with Crippen molar-refractivity contribution in [2.75, 3.05) is 36.5 Å². The quantitative estimate of drug-likeness (QED) is 0.468. The molecule has 0 radical (unpaired) electrons. The van der Waals surface area contributed by atoms with Gasteiger partial charge in [-0.05, 0) is 43.5 Å². The predicted molar refractivity (Wildman–Crippen MR) is 99.7 cm³/mol. The molecule has 0 amide bonds. The van der Waals surface area contributed by atoms with E-state index in [9.17, 15) is 10.1 Å². The number of benzene rings is 2. The Labute approximate surface area is 147 Å². The maximum Gasteiger partial charge on any atom is 0.292 e. The summed E-state index contributed by atoms with van der Waals surface area (Å²) in [7, 11) is 0. The molecule has 6 nitrogen and oxygen atoms in total. The smallest absolute Gasteiger partial charge is 0.292 e. The van der Waals surface area contributed by atoms with Crippen LogP contribution in [0, 0.1) is 17.0 Å². The number of anilines is 2. The minimum absolute atomic E-state index is 0.0961. The van der Waals surface area contributed by atoms with Crippen molar-refractivity contribution < 1.29 is 9.66 Å². The van der Waals surface area contributed by atoms with Crippen molar-refractivity contribution in [3.8, 4) is 5.75 Å². The van der Waals surface area contributed by atoms with Gasteiger partial charge in [0.15, 0.2) is 0 Å². The van der Waals surface area contributed by atoms with Crippen molar-refractivity contribution in [2.45, 2.75) is 19.8 Å². The summed E-state index contributed by atoms with van der Waals surface area (Å²) in [6.45, 7) is 4.95. The number of nitro benzene ring substituents is 1. The summed E-state index contributed by atoms with van der Waals surface area (Å²) in [4.78, 5) is 13.2. The van der Waals surface area contributed by atoms with Gasteiger partial charge in [0, 0.05) is 31.4 Å². The number of para-hydroxylation sites is 1. The van der Waals surface area contributed by atoms with Gasteiger partial charge >= 0.3 is 0 Å². The molecule has 1 fully saturated rings. The zero-order chi connectivity index (χ0) is 17.6. The van der Waals surface area contributed by atoms with Crippen molar-refractivity contribution in [3.63, 3.8) is 0 Å². The highest BCUT2D eigenvalue weighted by atomic mass is 16.6. The van der Waals surface area contributed by atoms with Crippen molar-refractivity contribution in [3.05, 3.63) is 58.1 Å². The van der Waals surface area contributed by atoms with E-state index in [-0.39, 0.29) is 10.6 Å². The van der Waals surface area contributed by atoms with Crippen molar-refractivity contribution in [2.24, 2.45) is 0 Å². The number of hydrogen-bond acceptors (Lipinski definition) is 5. The Morgan fingerprint density at radius 2 is 1.96 bits per heavy atom. The van der Waals surface area contributed by atoms with Gasteiger partial charge in [0.25, 0.3) is 5.69 Å².